The first-order valence-electron chi connectivity index (χ1n) is 9.63. The number of benzene rings is 2. The Balaban J connectivity index is 1.58. The predicted molar refractivity (Wildman–Crippen MR) is 111 cm³/mol. The summed E-state index contributed by atoms with van der Waals surface area (Å²) >= 11 is 6.24. The molecule has 0 aliphatic carbocycles. The fourth-order valence-electron chi connectivity index (χ4n) is 3.20. The minimum Gasteiger partial charge on any atom is -0.342 e. The van der Waals surface area contributed by atoms with Crippen molar-refractivity contribution in [1.29, 1.82) is 0 Å². The molecule has 3 rings (SSSR count). The normalized spacial score (nSPS) is 11.0. The van der Waals surface area contributed by atoms with E-state index >= 15 is 0 Å². The molecule has 0 saturated heterocycles. The van der Waals surface area contributed by atoms with Crippen LogP contribution in [0.2, 0.25) is 5.02 Å². The maximum Gasteiger partial charge on any atom is 0.110 e. The SMILES string of the molecule is CCCCCCCc1ccc(-c2cnc(Cc3ccccc3Cl)[nH]2)cc1. The van der Waals surface area contributed by atoms with Crippen molar-refractivity contribution < 1.29 is 0 Å². The van der Waals surface area contributed by atoms with Gasteiger partial charge in [-0.25, -0.2) is 4.98 Å². The van der Waals surface area contributed by atoms with E-state index in [1.54, 1.807) is 0 Å². The summed E-state index contributed by atoms with van der Waals surface area (Å²) in [5.41, 5.74) is 4.74. The summed E-state index contributed by atoms with van der Waals surface area (Å²) in [6.45, 7) is 2.26. The smallest absolute Gasteiger partial charge is 0.110 e. The zero-order valence-corrected chi connectivity index (χ0v) is 16.2. The van der Waals surface area contributed by atoms with Crippen LogP contribution < -0.4 is 0 Å². The molecule has 0 bridgehead atoms. The Labute approximate surface area is 161 Å². The molecule has 0 fully saturated rings. The minimum absolute atomic E-state index is 0.718. The summed E-state index contributed by atoms with van der Waals surface area (Å²) in [6, 6.07) is 16.8. The van der Waals surface area contributed by atoms with Gasteiger partial charge in [0.2, 0.25) is 0 Å². The lowest BCUT2D eigenvalue weighted by Crippen LogP contribution is -1.91. The lowest BCUT2D eigenvalue weighted by molar-refractivity contribution is 0.632. The van der Waals surface area contributed by atoms with Crippen molar-refractivity contribution >= 4 is 11.6 Å². The van der Waals surface area contributed by atoms with Crippen molar-refractivity contribution in [2.45, 2.75) is 51.9 Å². The van der Waals surface area contributed by atoms with Gasteiger partial charge in [-0.05, 0) is 35.6 Å². The van der Waals surface area contributed by atoms with Crippen LogP contribution in [0.1, 0.15) is 56.0 Å². The van der Waals surface area contributed by atoms with E-state index in [2.05, 4.69) is 41.2 Å². The van der Waals surface area contributed by atoms with Crippen molar-refractivity contribution in [3.8, 4) is 11.3 Å². The standard InChI is InChI=1S/C23H27ClN2/c1-2-3-4-5-6-9-18-12-14-19(15-13-18)22-17-25-23(26-22)16-20-10-7-8-11-21(20)24/h7-8,10-15,17H,2-6,9,16H2,1H3,(H,25,26). The summed E-state index contributed by atoms with van der Waals surface area (Å²) < 4.78 is 0. The molecule has 0 atom stereocenters. The molecular formula is C23H27ClN2. The van der Waals surface area contributed by atoms with E-state index in [0.29, 0.717) is 0 Å². The summed E-state index contributed by atoms with van der Waals surface area (Å²) in [5.74, 6) is 0.938. The lowest BCUT2D eigenvalue weighted by atomic mass is 10.0. The number of hydrogen-bond acceptors (Lipinski definition) is 1. The first-order valence-corrected chi connectivity index (χ1v) is 10.0. The summed E-state index contributed by atoms with van der Waals surface area (Å²) in [5, 5.41) is 0.786. The van der Waals surface area contributed by atoms with E-state index in [1.165, 1.54) is 49.7 Å². The summed E-state index contributed by atoms with van der Waals surface area (Å²) in [4.78, 5) is 7.94. The molecule has 0 amide bonds. The van der Waals surface area contributed by atoms with E-state index in [1.807, 2.05) is 30.5 Å². The van der Waals surface area contributed by atoms with Gasteiger partial charge in [-0.15, -0.1) is 0 Å². The molecular weight excluding hydrogens is 340 g/mol. The predicted octanol–water partition coefficient (Wildman–Crippen LogP) is 6.83. The molecule has 26 heavy (non-hydrogen) atoms. The molecule has 0 aliphatic rings. The first-order chi connectivity index (χ1) is 12.8. The van der Waals surface area contributed by atoms with Crippen LogP contribution in [0.4, 0.5) is 0 Å². The Kier molecular flexibility index (Phi) is 6.90. The Hall–Kier alpha value is -2.06. The number of H-pyrrole nitrogens is 1. The van der Waals surface area contributed by atoms with Crippen LogP contribution in [-0.2, 0) is 12.8 Å². The Bertz CT molecular complexity index is 805. The molecule has 136 valence electrons. The van der Waals surface area contributed by atoms with Crippen LogP contribution in [0.15, 0.2) is 54.7 Å². The van der Waals surface area contributed by atoms with Gasteiger partial charge in [0.15, 0.2) is 0 Å². The number of aromatic amines is 1. The minimum atomic E-state index is 0.718. The van der Waals surface area contributed by atoms with Gasteiger partial charge in [0.05, 0.1) is 11.9 Å². The van der Waals surface area contributed by atoms with Gasteiger partial charge in [-0.3, -0.25) is 0 Å². The van der Waals surface area contributed by atoms with Crippen molar-refractivity contribution in [1.82, 2.24) is 9.97 Å². The molecule has 1 aromatic heterocycles. The van der Waals surface area contributed by atoms with E-state index in [4.69, 9.17) is 11.6 Å². The average Bonchev–Trinajstić information content (AvgIpc) is 3.13. The largest absolute Gasteiger partial charge is 0.342 e. The molecule has 2 aromatic carbocycles. The molecule has 0 unspecified atom stereocenters. The fraction of sp³-hybridized carbons (Fsp3) is 0.348. The molecule has 0 aliphatic heterocycles. The maximum atomic E-state index is 6.24. The van der Waals surface area contributed by atoms with Crippen LogP contribution in [0.3, 0.4) is 0 Å². The van der Waals surface area contributed by atoms with Gasteiger partial charge in [0, 0.05) is 11.4 Å². The quantitative estimate of drug-likeness (QED) is 0.413. The number of imidazole rings is 1. The zero-order chi connectivity index (χ0) is 18.2. The van der Waals surface area contributed by atoms with Crippen LogP contribution in [-0.4, -0.2) is 9.97 Å². The lowest BCUT2D eigenvalue weighted by Gasteiger charge is -2.04. The van der Waals surface area contributed by atoms with Crippen LogP contribution in [0, 0.1) is 0 Å². The van der Waals surface area contributed by atoms with Crippen molar-refractivity contribution in [2.75, 3.05) is 0 Å². The van der Waals surface area contributed by atoms with Crippen molar-refractivity contribution in [3.63, 3.8) is 0 Å². The fourth-order valence-corrected chi connectivity index (χ4v) is 3.41. The van der Waals surface area contributed by atoms with Crippen molar-refractivity contribution in [2.24, 2.45) is 0 Å². The number of hydrogen-bond donors (Lipinski definition) is 1. The van der Waals surface area contributed by atoms with E-state index in [0.717, 1.165) is 28.5 Å². The zero-order valence-electron chi connectivity index (χ0n) is 15.5. The second-order valence-electron chi connectivity index (χ2n) is 6.87. The molecule has 2 nitrogen and oxygen atoms in total. The Morgan fingerprint density at radius 3 is 2.46 bits per heavy atom. The van der Waals surface area contributed by atoms with Gasteiger partial charge in [0.25, 0.3) is 0 Å². The number of unbranched alkanes of at least 4 members (excludes halogenated alkanes) is 4. The topological polar surface area (TPSA) is 28.7 Å². The third-order valence-corrected chi connectivity index (χ3v) is 5.15. The molecule has 1 N–H and O–H groups in total. The Morgan fingerprint density at radius 1 is 0.923 bits per heavy atom. The number of nitrogens with one attached hydrogen (secondary N) is 1. The number of aromatic nitrogens is 2. The van der Waals surface area contributed by atoms with Crippen LogP contribution >= 0.6 is 11.6 Å². The van der Waals surface area contributed by atoms with Crippen LogP contribution in [0.25, 0.3) is 11.3 Å². The highest BCUT2D eigenvalue weighted by atomic mass is 35.5. The number of halogens is 1. The Morgan fingerprint density at radius 2 is 1.69 bits per heavy atom. The second kappa shape index (κ2) is 9.59. The van der Waals surface area contributed by atoms with Gasteiger partial charge < -0.3 is 4.98 Å². The summed E-state index contributed by atoms with van der Waals surface area (Å²) in [6.07, 6.45) is 10.4. The van der Waals surface area contributed by atoms with Gasteiger partial charge >= 0.3 is 0 Å². The molecule has 1 heterocycles. The number of rotatable bonds is 9. The molecule has 3 aromatic rings. The first kappa shape index (κ1) is 18.7. The van der Waals surface area contributed by atoms with E-state index < -0.39 is 0 Å². The van der Waals surface area contributed by atoms with Gasteiger partial charge in [-0.1, -0.05) is 86.7 Å². The highest BCUT2D eigenvalue weighted by Gasteiger charge is 2.06. The van der Waals surface area contributed by atoms with Crippen molar-refractivity contribution in [3.05, 3.63) is 76.7 Å². The molecule has 0 radical (unpaired) electrons. The van der Waals surface area contributed by atoms with E-state index in [-0.39, 0.29) is 0 Å². The number of aryl methyl sites for hydroxylation is 1. The maximum absolute atomic E-state index is 6.24. The molecule has 3 heteroatoms. The highest BCUT2D eigenvalue weighted by Crippen LogP contribution is 2.22. The molecule has 0 saturated carbocycles. The van der Waals surface area contributed by atoms with Gasteiger partial charge in [0.1, 0.15) is 5.82 Å². The second-order valence-corrected chi connectivity index (χ2v) is 7.28. The highest BCUT2D eigenvalue weighted by molar-refractivity contribution is 6.31. The monoisotopic (exact) mass is 366 g/mol. The molecule has 0 spiro atoms. The van der Waals surface area contributed by atoms with E-state index in [9.17, 15) is 0 Å². The van der Waals surface area contributed by atoms with Crippen LogP contribution in [0.5, 0.6) is 0 Å². The average molecular weight is 367 g/mol. The number of nitrogens with zero attached hydrogens (tertiary/aromatic N) is 1. The third-order valence-electron chi connectivity index (χ3n) is 4.78. The third kappa shape index (κ3) is 5.22. The summed E-state index contributed by atoms with van der Waals surface area (Å²) in [7, 11) is 0. The van der Waals surface area contributed by atoms with Gasteiger partial charge in [-0.2, -0.15) is 0 Å².